The first-order chi connectivity index (χ1) is 6.19. The second-order valence-corrected chi connectivity index (χ2v) is 3.16. The highest BCUT2D eigenvalue weighted by Crippen LogP contribution is 2.23. The Hall–Kier alpha value is -1.05. The van der Waals surface area contributed by atoms with Crippen molar-refractivity contribution >= 4 is 0 Å². The highest BCUT2D eigenvalue weighted by molar-refractivity contribution is 5.37. The number of rotatable bonds is 3. The smallest absolute Gasteiger partial charge is 0.129 e. The third-order valence-corrected chi connectivity index (χ3v) is 2.08. The van der Waals surface area contributed by atoms with Crippen LogP contribution in [0.4, 0.5) is 4.39 Å². The highest BCUT2D eigenvalue weighted by Gasteiger charge is 2.06. The normalized spacial score (nSPS) is 10.2. The first-order valence-electron chi connectivity index (χ1n) is 4.52. The fraction of sp³-hybridized carbons (Fsp3) is 0.455. The molecule has 2 heteroatoms. The standard InChI is InChI=1S/C11H15FO/c1-4-5-9-6-8(2)10(12)7-11(9)13-3/h6-7H,4-5H2,1-3H3. The van der Waals surface area contributed by atoms with Crippen molar-refractivity contribution in [3.8, 4) is 5.75 Å². The zero-order valence-corrected chi connectivity index (χ0v) is 8.36. The molecule has 0 radical (unpaired) electrons. The first kappa shape index (κ1) is 10.0. The van der Waals surface area contributed by atoms with Gasteiger partial charge in [-0.05, 0) is 30.5 Å². The van der Waals surface area contributed by atoms with E-state index in [0.717, 1.165) is 18.4 Å². The lowest BCUT2D eigenvalue weighted by Crippen LogP contribution is -1.95. The molecule has 1 nitrogen and oxygen atoms in total. The zero-order valence-electron chi connectivity index (χ0n) is 8.36. The molecule has 0 bridgehead atoms. The molecule has 72 valence electrons. The summed E-state index contributed by atoms with van der Waals surface area (Å²) in [6.45, 7) is 3.87. The molecule has 0 saturated heterocycles. The maximum absolute atomic E-state index is 13.1. The average Bonchev–Trinajstić information content (AvgIpc) is 2.11. The third-order valence-electron chi connectivity index (χ3n) is 2.08. The summed E-state index contributed by atoms with van der Waals surface area (Å²) in [7, 11) is 1.57. The Morgan fingerprint density at radius 3 is 2.62 bits per heavy atom. The quantitative estimate of drug-likeness (QED) is 0.698. The Kier molecular flexibility index (Phi) is 3.29. The van der Waals surface area contributed by atoms with Gasteiger partial charge in [0.25, 0.3) is 0 Å². The minimum Gasteiger partial charge on any atom is -0.496 e. The number of benzene rings is 1. The van der Waals surface area contributed by atoms with Gasteiger partial charge in [-0.15, -0.1) is 0 Å². The Balaban J connectivity index is 3.09. The molecule has 0 atom stereocenters. The van der Waals surface area contributed by atoms with E-state index in [1.165, 1.54) is 6.07 Å². The molecule has 0 heterocycles. The van der Waals surface area contributed by atoms with Crippen molar-refractivity contribution in [2.45, 2.75) is 26.7 Å². The molecule has 0 amide bonds. The van der Waals surface area contributed by atoms with Gasteiger partial charge in [0, 0.05) is 6.07 Å². The van der Waals surface area contributed by atoms with Crippen molar-refractivity contribution < 1.29 is 9.13 Å². The molecule has 0 unspecified atom stereocenters. The van der Waals surface area contributed by atoms with Crippen LogP contribution in [0.5, 0.6) is 5.75 Å². The van der Waals surface area contributed by atoms with Crippen molar-refractivity contribution in [1.29, 1.82) is 0 Å². The molecule has 0 saturated carbocycles. The molecule has 1 rings (SSSR count). The van der Waals surface area contributed by atoms with Crippen LogP contribution in [0.2, 0.25) is 0 Å². The minimum absolute atomic E-state index is 0.197. The summed E-state index contributed by atoms with van der Waals surface area (Å²) < 4.78 is 18.2. The number of aryl methyl sites for hydroxylation is 2. The van der Waals surface area contributed by atoms with Crippen LogP contribution in [0.1, 0.15) is 24.5 Å². The van der Waals surface area contributed by atoms with E-state index >= 15 is 0 Å². The van der Waals surface area contributed by atoms with Gasteiger partial charge in [0.2, 0.25) is 0 Å². The Labute approximate surface area is 78.5 Å². The second-order valence-electron chi connectivity index (χ2n) is 3.16. The van der Waals surface area contributed by atoms with Crippen LogP contribution in [0, 0.1) is 12.7 Å². The minimum atomic E-state index is -0.197. The average molecular weight is 182 g/mol. The summed E-state index contributed by atoms with van der Waals surface area (Å²) in [5, 5.41) is 0. The van der Waals surface area contributed by atoms with E-state index in [-0.39, 0.29) is 5.82 Å². The van der Waals surface area contributed by atoms with Gasteiger partial charge < -0.3 is 4.74 Å². The monoisotopic (exact) mass is 182 g/mol. The van der Waals surface area contributed by atoms with E-state index in [0.29, 0.717) is 11.3 Å². The Morgan fingerprint density at radius 2 is 2.08 bits per heavy atom. The van der Waals surface area contributed by atoms with E-state index in [1.807, 2.05) is 6.07 Å². The predicted molar refractivity (Wildman–Crippen MR) is 51.7 cm³/mol. The van der Waals surface area contributed by atoms with Crippen LogP contribution in [0.25, 0.3) is 0 Å². The van der Waals surface area contributed by atoms with Crippen LogP contribution in [-0.4, -0.2) is 7.11 Å². The van der Waals surface area contributed by atoms with E-state index in [4.69, 9.17) is 4.74 Å². The molecular weight excluding hydrogens is 167 g/mol. The maximum atomic E-state index is 13.1. The van der Waals surface area contributed by atoms with Crippen molar-refractivity contribution in [1.82, 2.24) is 0 Å². The largest absolute Gasteiger partial charge is 0.496 e. The van der Waals surface area contributed by atoms with Crippen molar-refractivity contribution in [2.24, 2.45) is 0 Å². The highest BCUT2D eigenvalue weighted by atomic mass is 19.1. The summed E-state index contributed by atoms with van der Waals surface area (Å²) in [4.78, 5) is 0. The molecule has 1 aromatic rings. The van der Waals surface area contributed by atoms with Crippen molar-refractivity contribution in [2.75, 3.05) is 7.11 Å². The van der Waals surface area contributed by atoms with Crippen molar-refractivity contribution in [3.05, 3.63) is 29.1 Å². The van der Waals surface area contributed by atoms with Gasteiger partial charge in [-0.2, -0.15) is 0 Å². The zero-order chi connectivity index (χ0) is 9.84. The molecule has 0 aromatic heterocycles. The van der Waals surface area contributed by atoms with Gasteiger partial charge in [-0.1, -0.05) is 13.3 Å². The molecule has 0 aliphatic rings. The lowest BCUT2D eigenvalue weighted by atomic mass is 10.1. The van der Waals surface area contributed by atoms with Gasteiger partial charge >= 0.3 is 0 Å². The number of methoxy groups -OCH3 is 1. The molecule has 0 spiro atoms. The topological polar surface area (TPSA) is 9.23 Å². The number of halogens is 1. The van der Waals surface area contributed by atoms with E-state index in [1.54, 1.807) is 14.0 Å². The van der Waals surface area contributed by atoms with Gasteiger partial charge in [0.15, 0.2) is 0 Å². The molecule has 1 aromatic carbocycles. The number of ether oxygens (including phenoxy) is 1. The van der Waals surface area contributed by atoms with Gasteiger partial charge in [0.05, 0.1) is 7.11 Å². The van der Waals surface area contributed by atoms with Gasteiger partial charge in [-0.25, -0.2) is 4.39 Å². The first-order valence-corrected chi connectivity index (χ1v) is 4.52. The summed E-state index contributed by atoms with van der Waals surface area (Å²) >= 11 is 0. The fourth-order valence-electron chi connectivity index (χ4n) is 1.38. The van der Waals surface area contributed by atoms with Crippen molar-refractivity contribution in [3.63, 3.8) is 0 Å². The maximum Gasteiger partial charge on any atom is 0.129 e. The number of hydrogen-bond donors (Lipinski definition) is 0. The summed E-state index contributed by atoms with van der Waals surface area (Å²) in [5.74, 6) is 0.460. The molecule has 13 heavy (non-hydrogen) atoms. The van der Waals surface area contributed by atoms with Crippen LogP contribution >= 0.6 is 0 Å². The van der Waals surface area contributed by atoms with Crippen LogP contribution < -0.4 is 4.74 Å². The summed E-state index contributed by atoms with van der Waals surface area (Å²) in [6.07, 6.45) is 1.98. The number of hydrogen-bond acceptors (Lipinski definition) is 1. The van der Waals surface area contributed by atoms with Crippen LogP contribution in [0.3, 0.4) is 0 Å². The molecule has 0 fully saturated rings. The fourth-order valence-corrected chi connectivity index (χ4v) is 1.38. The predicted octanol–water partition coefficient (Wildman–Crippen LogP) is 3.10. The third kappa shape index (κ3) is 2.20. The van der Waals surface area contributed by atoms with Gasteiger partial charge in [0.1, 0.15) is 11.6 Å². The van der Waals surface area contributed by atoms with Gasteiger partial charge in [-0.3, -0.25) is 0 Å². The van der Waals surface area contributed by atoms with E-state index in [2.05, 4.69) is 6.92 Å². The van der Waals surface area contributed by atoms with E-state index in [9.17, 15) is 4.39 Å². The lowest BCUT2D eigenvalue weighted by molar-refractivity contribution is 0.405. The molecular formula is C11H15FO. The summed E-state index contributed by atoms with van der Waals surface area (Å²) in [5.41, 5.74) is 1.77. The SMILES string of the molecule is CCCc1cc(C)c(F)cc1OC. The Morgan fingerprint density at radius 1 is 1.38 bits per heavy atom. The van der Waals surface area contributed by atoms with Crippen LogP contribution in [0.15, 0.2) is 12.1 Å². The molecule has 0 aliphatic carbocycles. The Bertz CT molecular complexity index is 294. The second kappa shape index (κ2) is 4.26. The summed E-state index contributed by atoms with van der Waals surface area (Å²) in [6, 6.07) is 3.32. The molecule has 0 aliphatic heterocycles. The lowest BCUT2D eigenvalue weighted by Gasteiger charge is -2.09. The van der Waals surface area contributed by atoms with E-state index < -0.39 is 0 Å². The van der Waals surface area contributed by atoms with Crippen LogP contribution in [-0.2, 0) is 6.42 Å². The molecule has 0 N–H and O–H groups in total.